The zero-order valence-corrected chi connectivity index (χ0v) is 15.7. The van der Waals surface area contributed by atoms with Crippen LogP contribution in [-0.2, 0) is 6.42 Å². The molecule has 0 spiro atoms. The van der Waals surface area contributed by atoms with Gasteiger partial charge < -0.3 is 15.3 Å². The molecule has 27 heavy (non-hydrogen) atoms. The molecule has 0 aliphatic rings. The van der Waals surface area contributed by atoms with E-state index in [9.17, 15) is 36.2 Å². The Morgan fingerprint density at radius 3 is 2.44 bits per heavy atom. The minimum absolute atomic E-state index is 0.0189. The molecule has 0 unspecified atom stereocenters. The SMILES string of the molecule is CCN(CCc1cnc(O)c(Br)c1)C(=O)N[C@@H](CCC(F)(F)F)C(F)(F)F. The predicted molar refractivity (Wildman–Crippen MR) is 88.2 cm³/mol. The molecule has 1 atom stereocenters. The van der Waals surface area contributed by atoms with Crippen LogP contribution in [0.3, 0.4) is 0 Å². The maximum absolute atomic E-state index is 12.9. The van der Waals surface area contributed by atoms with Gasteiger partial charge in [0.1, 0.15) is 6.04 Å². The van der Waals surface area contributed by atoms with E-state index in [0.29, 0.717) is 10.0 Å². The van der Waals surface area contributed by atoms with Crippen molar-refractivity contribution < 1.29 is 36.2 Å². The first kappa shape index (κ1) is 23.3. The second-order valence-corrected chi connectivity index (χ2v) is 6.53. The molecule has 5 nitrogen and oxygen atoms in total. The quantitative estimate of drug-likeness (QED) is 0.586. The molecule has 0 saturated carbocycles. The van der Waals surface area contributed by atoms with E-state index >= 15 is 0 Å². The van der Waals surface area contributed by atoms with E-state index in [1.165, 1.54) is 19.2 Å². The van der Waals surface area contributed by atoms with Gasteiger partial charge in [-0.3, -0.25) is 0 Å². The Kier molecular flexibility index (Phi) is 8.18. The smallest absolute Gasteiger partial charge is 0.408 e. The Labute approximate surface area is 159 Å². The second-order valence-electron chi connectivity index (χ2n) is 5.68. The van der Waals surface area contributed by atoms with Gasteiger partial charge in [-0.15, -0.1) is 0 Å². The van der Waals surface area contributed by atoms with E-state index in [0.717, 1.165) is 4.90 Å². The molecule has 0 saturated heterocycles. The molecule has 1 aromatic rings. The Morgan fingerprint density at radius 1 is 1.33 bits per heavy atom. The van der Waals surface area contributed by atoms with Gasteiger partial charge in [-0.1, -0.05) is 0 Å². The first-order chi connectivity index (χ1) is 12.3. The fourth-order valence-corrected chi connectivity index (χ4v) is 2.54. The largest absolute Gasteiger partial charge is 0.492 e. The van der Waals surface area contributed by atoms with Crippen molar-refractivity contribution in [3.63, 3.8) is 0 Å². The van der Waals surface area contributed by atoms with Crippen LogP contribution in [0.1, 0.15) is 25.3 Å². The van der Waals surface area contributed by atoms with Crippen LogP contribution in [0, 0.1) is 0 Å². The third-order valence-corrected chi connectivity index (χ3v) is 4.21. The van der Waals surface area contributed by atoms with E-state index in [1.807, 2.05) is 0 Å². The Balaban J connectivity index is 2.71. The Morgan fingerprint density at radius 2 is 1.96 bits per heavy atom. The summed E-state index contributed by atoms with van der Waals surface area (Å²) in [5, 5.41) is 11.0. The highest BCUT2D eigenvalue weighted by atomic mass is 79.9. The van der Waals surface area contributed by atoms with Crippen LogP contribution in [-0.4, -0.2) is 52.5 Å². The number of aromatic nitrogens is 1. The minimum Gasteiger partial charge on any atom is -0.492 e. The van der Waals surface area contributed by atoms with Crippen molar-refractivity contribution in [2.45, 2.75) is 44.6 Å². The highest BCUT2D eigenvalue weighted by Crippen LogP contribution is 2.29. The molecule has 1 aromatic heterocycles. The number of alkyl halides is 6. The molecule has 0 bridgehead atoms. The summed E-state index contributed by atoms with van der Waals surface area (Å²) in [6.07, 6.45) is -11.1. The summed E-state index contributed by atoms with van der Waals surface area (Å²) in [5.74, 6) is -0.235. The lowest BCUT2D eigenvalue weighted by molar-refractivity contribution is -0.171. The summed E-state index contributed by atoms with van der Waals surface area (Å²) < 4.78 is 75.7. The molecule has 0 aromatic carbocycles. The number of nitrogens with one attached hydrogen (secondary N) is 1. The third-order valence-electron chi connectivity index (χ3n) is 3.63. The lowest BCUT2D eigenvalue weighted by Crippen LogP contribution is -2.51. The molecule has 154 valence electrons. The zero-order chi connectivity index (χ0) is 20.8. The molecule has 1 rings (SSSR count). The number of likely N-dealkylation sites (N-methyl/N-ethyl adjacent to an activating group) is 1. The molecule has 0 fully saturated rings. The van der Waals surface area contributed by atoms with Gasteiger partial charge in [-0.2, -0.15) is 26.3 Å². The summed E-state index contributed by atoms with van der Waals surface area (Å²) in [4.78, 5) is 16.8. The maximum atomic E-state index is 12.9. The third kappa shape index (κ3) is 8.22. The highest BCUT2D eigenvalue weighted by Gasteiger charge is 2.43. The van der Waals surface area contributed by atoms with Crippen LogP contribution in [0.4, 0.5) is 31.1 Å². The molecule has 0 aliphatic heterocycles. The number of hydrogen-bond donors (Lipinski definition) is 2. The van der Waals surface area contributed by atoms with Gasteiger partial charge >= 0.3 is 18.4 Å². The molecule has 1 heterocycles. The number of nitrogens with zero attached hydrogens (tertiary/aromatic N) is 2. The van der Waals surface area contributed by atoms with Crippen molar-refractivity contribution in [1.29, 1.82) is 0 Å². The molecule has 2 N–H and O–H groups in total. The van der Waals surface area contributed by atoms with Crippen LogP contribution in [0.5, 0.6) is 5.88 Å². The summed E-state index contributed by atoms with van der Waals surface area (Å²) in [7, 11) is 0. The summed E-state index contributed by atoms with van der Waals surface area (Å²) in [5.41, 5.74) is 0.607. The summed E-state index contributed by atoms with van der Waals surface area (Å²) in [6.45, 7) is 1.61. The number of amides is 2. The van der Waals surface area contributed by atoms with Crippen molar-refractivity contribution in [2.75, 3.05) is 13.1 Å². The lowest BCUT2D eigenvalue weighted by Gasteiger charge is -2.27. The van der Waals surface area contributed by atoms with Gasteiger partial charge in [0, 0.05) is 25.7 Å². The van der Waals surface area contributed by atoms with Crippen molar-refractivity contribution in [1.82, 2.24) is 15.2 Å². The van der Waals surface area contributed by atoms with Gasteiger partial charge in [0.2, 0.25) is 5.88 Å². The van der Waals surface area contributed by atoms with Crippen LogP contribution >= 0.6 is 15.9 Å². The second kappa shape index (κ2) is 9.47. The van der Waals surface area contributed by atoms with Gasteiger partial charge in [0.05, 0.1) is 4.47 Å². The maximum Gasteiger partial charge on any atom is 0.408 e. The number of carbonyl (C=O) groups excluding carboxylic acids is 1. The lowest BCUT2D eigenvalue weighted by atomic mass is 10.1. The number of aromatic hydroxyl groups is 1. The van der Waals surface area contributed by atoms with E-state index in [1.54, 1.807) is 5.32 Å². The van der Waals surface area contributed by atoms with E-state index in [4.69, 9.17) is 0 Å². The molecule has 0 aliphatic carbocycles. The van der Waals surface area contributed by atoms with Crippen molar-refractivity contribution in [2.24, 2.45) is 0 Å². The fourth-order valence-electron chi connectivity index (χ4n) is 2.14. The topological polar surface area (TPSA) is 65.5 Å². The number of pyridine rings is 1. The first-order valence-corrected chi connectivity index (χ1v) is 8.65. The standard InChI is InChI=1S/C15H18BrF6N3O2/c1-2-25(6-4-9-7-10(16)12(26)23-8-9)13(27)24-11(15(20,21)22)3-5-14(17,18)19/h7-8,11H,2-6H2,1H3,(H,23,26)(H,24,27)/t11-/m0/s1. The number of carbonyl (C=O) groups is 1. The summed E-state index contributed by atoms with van der Waals surface area (Å²) >= 11 is 3.06. The van der Waals surface area contributed by atoms with Crippen molar-refractivity contribution in [3.8, 4) is 5.88 Å². The van der Waals surface area contributed by atoms with E-state index in [2.05, 4.69) is 20.9 Å². The zero-order valence-electron chi connectivity index (χ0n) is 14.2. The molecular weight excluding hydrogens is 448 g/mol. The average Bonchev–Trinajstić information content (AvgIpc) is 2.53. The van der Waals surface area contributed by atoms with Gasteiger partial charge in [0.25, 0.3) is 0 Å². The summed E-state index contributed by atoms with van der Waals surface area (Å²) in [6, 6.07) is -2.16. The normalized spacial score (nSPS) is 13.3. The highest BCUT2D eigenvalue weighted by molar-refractivity contribution is 9.10. The molecule has 12 heteroatoms. The monoisotopic (exact) mass is 465 g/mol. The molecule has 2 amide bonds. The first-order valence-electron chi connectivity index (χ1n) is 7.85. The van der Waals surface area contributed by atoms with Gasteiger partial charge in [0.15, 0.2) is 0 Å². The number of halogens is 7. The number of urea groups is 1. The van der Waals surface area contributed by atoms with Gasteiger partial charge in [-0.05, 0) is 47.3 Å². The van der Waals surface area contributed by atoms with Gasteiger partial charge in [-0.25, -0.2) is 9.78 Å². The predicted octanol–water partition coefficient (Wildman–Crippen LogP) is 4.40. The van der Waals surface area contributed by atoms with Crippen LogP contribution in [0.15, 0.2) is 16.7 Å². The van der Waals surface area contributed by atoms with Crippen molar-refractivity contribution in [3.05, 3.63) is 22.3 Å². The Bertz CT molecular complexity index is 639. The van der Waals surface area contributed by atoms with Crippen LogP contribution in [0.2, 0.25) is 0 Å². The number of hydrogen-bond acceptors (Lipinski definition) is 3. The number of rotatable bonds is 7. The minimum atomic E-state index is -4.99. The Hall–Kier alpha value is -1.72. The van der Waals surface area contributed by atoms with Crippen molar-refractivity contribution >= 4 is 22.0 Å². The van der Waals surface area contributed by atoms with E-state index < -0.39 is 37.3 Å². The van der Waals surface area contributed by atoms with Crippen LogP contribution < -0.4 is 5.32 Å². The van der Waals surface area contributed by atoms with Crippen LogP contribution in [0.25, 0.3) is 0 Å². The average molecular weight is 466 g/mol. The molecule has 0 radical (unpaired) electrons. The fraction of sp³-hybridized carbons (Fsp3) is 0.600. The molecular formula is C15H18BrF6N3O2. The van der Waals surface area contributed by atoms with E-state index in [-0.39, 0.29) is 25.4 Å².